The number of alkyl halides is 2. The van der Waals surface area contributed by atoms with Gasteiger partial charge in [0.15, 0.2) is 0 Å². The second kappa shape index (κ2) is 13.5. The molecule has 0 atom stereocenters. The summed E-state index contributed by atoms with van der Waals surface area (Å²) >= 11 is 9.47. The predicted octanol–water partition coefficient (Wildman–Crippen LogP) is 2.12. The maximum atomic E-state index is 10.0. The first kappa shape index (κ1) is 18.8. The van der Waals surface area contributed by atoms with Crippen LogP contribution in [0.3, 0.4) is 0 Å². The van der Waals surface area contributed by atoms with Gasteiger partial charge < -0.3 is 10.2 Å². The summed E-state index contributed by atoms with van der Waals surface area (Å²) in [5, 5.41) is 15.2. The lowest BCUT2D eigenvalue weighted by molar-refractivity contribution is -0.135. The summed E-state index contributed by atoms with van der Waals surface area (Å²) in [6, 6.07) is 9.10. The van der Waals surface area contributed by atoms with Crippen LogP contribution < -0.4 is 0 Å². The number of benzene rings is 1. The summed E-state index contributed by atoms with van der Waals surface area (Å²) in [5.74, 6) is -2.57. The van der Waals surface area contributed by atoms with Crippen LogP contribution in [0.25, 0.3) is 0 Å². The van der Waals surface area contributed by atoms with Crippen molar-refractivity contribution < 1.29 is 24.6 Å². The lowest BCUT2D eigenvalue weighted by Gasteiger charge is -1.81. The molecule has 1 rings (SSSR count). The third-order valence-corrected chi connectivity index (χ3v) is 1.62. The first-order valence-corrected chi connectivity index (χ1v) is 5.60. The molecule has 2 N–H and O–H groups in total. The van der Waals surface area contributed by atoms with Crippen LogP contribution in [0.1, 0.15) is 10.4 Å². The van der Waals surface area contributed by atoms with Crippen molar-refractivity contribution in [3.63, 3.8) is 0 Å². The van der Waals surface area contributed by atoms with E-state index in [0.717, 1.165) is 11.8 Å². The fourth-order valence-electron chi connectivity index (χ4n) is 0.532. The minimum atomic E-state index is -0.980. The smallest absolute Gasteiger partial charge is 0.318 e. The number of rotatable bonds is 3. The molecule has 1 aromatic carbocycles. The maximum Gasteiger partial charge on any atom is 0.318 e. The molecule has 0 unspecified atom stereocenters. The highest BCUT2D eigenvalue weighted by molar-refractivity contribution is 6.26. The van der Waals surface area contributed by atoms with Crippen molar-refractivity contribution >= 4 is 41.4 Å². The molecule has 0 aromatic heterocycles. The summed E-state index contributed by atoms with van der Waals surface area (Å²) in [4.78, 5) is 28.5. The second-order valence-electron chi connectivity index (χ2n) is 2.58. The standard InChI is InChI=1S/C7H6O.2C2H3ClO2/c8-6-7-4-2-1-3-5-7;2*3-1-2(4)5/h1-6H;2*1H2,(H,4,5). The van der Waals surface area contributed by atoms with Gasteiger partial charge >= 0.3 is 11.9 Å². The Labute approximate surface area is 114 Å². The highest BCUT2D eigenvalue weighted by Crippen LogP contribution is 1.91. The minimum Gasteiger partial charge on any atom is -0.480 e. The summed E-state index contributed by atoms with van der Waals surface area (Å²) in [7, 11) is 0. The van der Waals surface area contributed by atoms with Crippen molar-refractivity contribution in [2.24, 2.45) is 0 Å². The van der Waals surface area contributed by atoms with Crippen molar-refractivity contribution in [1.29, 1.82) is 0 Å². The zero-order valence-corrected chi connectivity index (χ0v) is 10.8. The van der Waals surface area contributed by atoms with Crippen LogP contribution in [0.4, 0.5) is 0 Å². The predicted molar refractivity (Wildman–Crippen MR) is 68.5 cm³/mol. The highest BCUT2D eigenvalue weighted by atomic mass is 35.5. The van der Waals surface area contributed by atoms with Crippen molar-refractivity contribution in [3.05, 3.63) is 35.9 Å². The van der Waals surface area contributed by atoms with E-state index in [1.807, 2.05) is 18.2 Å². The molecule has 0 saturated heterocycles. The van der Waals surface area contributed by atoms with Crippen LogP contribution in [0.5, 0.6) is 0 Å². The number of hydrogen-bond donors (Lipinski definition) is 2. The van der Waals surface area contributed by atoms with E-state index in [9.17, 15) is 14.4 Å². The first-order valence-electron chi connectivity index (χ1n) is 4.53. The fraction of sp³-hybridized carbons (Fsp3) is 0.182. The molecule has 0 aliphatic carbocycles. The van der Waals surface area contributed by atoms with Crippen LogP contribution in [0.15, 0.2) is 30.3 Å². The topological polar surface area (TPSA) is 91.7 Å². The van der Waals surface area contributed by atoms with Crippen LogP contribution in [-0.2, 0) is 9.59 Å². The van der Waals surface area contributed by atoms with Gasteiger partial charge in [-0.05, 0) is 0 Å². The van der Waals surface area contributed by atoms with Gasteiger partial charge in [0.05, 0.1) is 0 Å². The lowest BCUT2D eigenvalue weighted by atomic mass is 10.2. The van der Waals surface area contributed by atoms with Gasteiger partial charge in [0.25, 0.3) is 0 Å². The summed E-state index contributed by atoms with van der Waals surface area (Å²) in [5.41, 5.74) is 0.729. The second-order valence-corrected chi connectivity index (χ2v) is 3.12. The van der Waals surface area contributed by atoms with Crippen molar-refractivity contribution in [2.45, 2.75) is 0 Å². The number of carboxylic acid groups (broad SMARTS) is 2. The van der Waals surface area contributed by atoms with E-state index in [1.165, 1.54) is 0 Å². The molecular formula is C11H12Cl2O5. The monoisotopic (exact) mass is 294 g/mol. The maximum absolute atomic E-state index is 10.0. The fourth-order valence-corrected chi connectivity index (χ4v) is 0.532. The van der Waals surface area contributed by atoms with Gasteiger partial charge in [-0.1, -0.05) is 30.3 Å². The molecule has 0 aliphatic rings. The van der Waals surface area contributed by atoms with Crippen molar-refractivity contribution in [2.75, 3.05) is 11.8 Å². The molecule has 0 spiro atoms. The van der Waals surface area contributed by atoms with E-state index in [-0.39, 0.29) is 11.8 Å². The van der Waals surface area contributed by atoms with E-state index in [4.69, 9.17) is 33.4 Å². The molecule has 0 heterocycles. The largest absolute Gasteiger partial charge is 0.480 e. The molecule has 0 aliphatic heterocycles. The van der Waals surface area contributed by atoms with Crippen LogP contribution in [-0.4, -0.2) is 40.2 Å². The van der Waals surface area contributed by atoms with Gasteiger partial charge in [-0.15, -0.1) is 23.2 Å². The molecule has 0 saturated carbocycles. The number of aliphatic carboxylic acids is 2. The van der Waals surface area contributed by atoms with E-state index >= 15 is 0 Å². The van der Waals surface area contributed by atoms with E-state index in [0.29, 0.717) is 0 Å². The van der Waals surface area contributed by atoms with Gasteiger partial charge in [-0.2, -0.15) is 0 Å². The van der Waals surface area contributed by atoms with Crippen molar-refractivity contribution in [1.82, 2.24) is 0 Å². The number of aldehydes is 1. The quantitative estimate of drug-likeness (QED) is 0.658. The first-order chi connectivity index (χ1) is 8.47. The van der Waals surface area contributed by atoms with Gasteiger partial charge in [0, 0.05) is 5.56 Å². The van der Waals surface area contributed by atoms with Crippen LogP contribution >= 0.6 is 23.2 Å². The minimum absolute atomic E-state index is 0.306. The Hall–Kier alpha value is -1.59. The molecule has 0 amide bonds. The Bertz CT molecular complexity index is 340. The SMILES string of the molecule is O=C(O)CCl.O=C(O)CCl.O=Cc1ccccc1. The molecule has 5 nitrogen and oxygen atoms in total. The van der Waals surface area contributed by atoms with E-state index in [1.54, 1.807) is 12.1 Å². The molecule has 1 aromatic rings. The Balaban J connectivity index is 0. The zero-order chi connectivity index (χ0) is 14.4. The number of hydrogen-bond acceptors (Lipinski definition) is 3. The van der Waals surface area contributed by atoms with Crippen molar-refractivity contribution in [3.8, 4) is 0 Å². The Morgan fingerprint density at radius 1 is 1.00 bits per heavy atom. The number of carboxylic acids is 2. The third kappa shape index (κ3) is 16.8. The molecule has 0 radical (unpaired) electrons. The number of carbonyl (C=O) groups excluding carboxylic acids is 1. The molecule has 7 heteroatoms. The van der Waals surface area contributed by atoms with Gasteiger partial charge in [0.1, 0.15) is 18.0 Å². The van der Waals surface area contributed by atoms with E-state index in [2.05, 4.69) is 0 Å². The van der Waals surface area contributed by atoms with Gasteiger partial charge in [-0.25, -0.2) is 0 Å². The molecule has 0 fully saturated rings. The summed E-state index contributed by atoms with van der Waals surface area (Å²) < 4.78 is 0. The zero-order valence-electron chi connectivity index (χ0n) is 9.25. The molecular weight excluding hydrogens is 283 g/mol. The number of halogens is 2. The van der Waals surface area contributed by atoms with Gasteiger partial charge in [-0.3, -0.25) is 14.4 Å². The highest BCUT2D eigenvalue weighted by Gasteiger charge is 1.84. The average molecular weight is 295 g/mol. The summed E-state index contributed by atoms with van der Waals surface area (Å²) in [6.45, 7) is 0. The molecule has 18 heavy (non-hydrogen) atoms. The van der Waals surface area contributed by atoms with Crippen LogP contribution in [0.2, 0.25) is 0 Å². The molecule has 0 bridgehead atoms. The summed E-state index contributed by atoms with van der Waals surface area (Å²) in [6.07, 6.45) is 0.833. The Kier molecular flexibility index (Phi) is 14.0. The molecule has 100 valence electrons. The normalized spacial score (nSPS) is 7.89. The number of carbonyl (C=O) groups is 3. The Morgan fingerprint density at radius 3 is 1.50 bits per heavy atom. The average Bonchev–Trinajstić information content (AvgIpc) is 2.41. The van der Waals surface area contributed by atoms with Crippen LogP contribution in [0, 0.1) is 0 Å². The Morgan fingerprint density at radius 2 is 1.33 bits per heavy atom. The van der Waals surface area contributed by atoms with E-state index < -0.39 is 11.9 Å². The van der Waals surface area contributed by atoms with Gasteiger partial charge in [0.2, 0.25) is 0 Å². The third-order valence-electron chi connectivity index (χ3n) is 1.16. The lowest BCUT2D eigenvalue weighted by Crippen LogP contribution is -1.92.